The summed E-state index contributed by atoms with van der Waals surface area (Å²) in [6.07, 6.45) is 2.92. The van der Waals surface area contributed by atoms with E-state index in [1.807, 2.05) is 0 Å². The van der Waals surface area contributed by atoms with Crippen LogP contribution in [-0.2, 0) is 15.0 Å². The lowest BCUT2D eigenvalue weighted by molar-refractivity contribution is -0.197. The molecule has 0 aromatic carbocycles. The molecule has 0 aromatic rings. The van der Waals surface area contributed by atoms with Crippen LogP contribution >= 0.6 is 0 Å². The van der Waals surface area contributed by atoms with Crippen LogP contribution in [0.5, 0.6) is 0 Å². The van der Waals surface area contributed by atoms with E-state index in [0.717, 1.165) is 0 Å². The van der Waals surface area contributed by atoms with Crippen molar-refractivity contribution >= 4 is 22.4 Å². The van der Waals surface area contributed by atoms with E-state index in [1.54, 1.807) is 20.8 Å². The molecule has 18 heavy (non-hydrogen) atoms. The molecule has 2 bridgehead atoms. The van der Waals surface area contributed by atoms with E-state index in [1.165, 1.54) is 6.21 Å². The number of hydrogen-bond acceptors (Lipinski definition) is 3. The van der Waals surface area contributed by atoms with Crippen LogP contribution in [0.1, 0.15) is 40.0 Å². The highest BCUT2D eigenvalue weighted by molar-refractivity contribution is 7.88. The van der Waals surface area contributed by atoms with Crippen LogP contribution in [0.4, 0.5) is 0 Å². The van der Waals surface area contributed by atoms with E-state index >= 15 is 0 Å². The second-order valence-corrected chi connectivity index (χ2v) is 7.90. The first kappa shape index (κ1) is 13.5. The van der Waals surface area contributed by atoms with Gasteiger partial charge in [0.25, 0.3) is 0 Å². The molecule has 0 atom stereocenters. The van der Waals surface area contributed by atoms with Gasteiger partial charge in [-0.1, -0.05) is 0 Å². The van der Waals surface area contributed by atoms with Gasteiger partial charge in [-0.15, -0.1) is 0 Å². The number of carboxylic acid groups (broad SMARTS) is 1. The Bertz CT molecular complexity index is 496. The van der Waals surface area contributed by atoms with Gasteiger partial charge in [-0.25, -0.2) is 0 Å². The van der Waals surface area contributed by atoms with Gasteiger partial charge in [0.2, 0.25) is 0 Å². The van der Waals surface area contributed by atoms with Crippen molar-refractivity contribution in [2.24, 2.45) is 15.2 Å². The maximum Gasteiger partial charge on any atom is 0.319 e. The Morgan fingerprint density at radius 3 is 2.22 bits per heavy atom. The van der Waals surface area contributed by atoms with Gasteiger partial charge in [-0.3, -0.25) is 4.79 Å². The summed E-state index contributed by atoms with van der Waals surface area (Å²) in [5, 5.41) is 8.95. The smallest absolute Gasteiger partial charge is 0.319 e. The zero-order chi connectivity index (χ0) is 13.8. The molecule has 6 nitrogen and oxygen atoms in total. The first-order valence-corrected chi connectivity index (χ1v) is 7.26. The molecule has 3 fully saturated rings. The first-order valence-electron chi connectivity index (χ1n) is 5.82. The maximum atomic E-state index is 11.6. The van der Waals surface area contributed by atoms with Gasteiger partial charge in [0.1, 0.15) is 0 Å². The number of rotatable bonds is 4. The van der Waals surface area contributed by atoms with Crippen molar-refractivity contribution in [2.75, 3.05) is 0 Å². The monoisotopic (exact) mass is 274 g/mol. The zero-order valence-electron chi connectivity index (χ0n) is 10.7. The lowest BCUT2D eigenvalue weighted by Crippen LogP contribution is -2.66. The van der Waals surface area contributed by atoms with Crippen molar-refractivity contribution in [3.05, 3.63) is 0 Å². The number of hydrogen-bond donors (Lipinski definition) is 2. The van der Waals surface area contributed by atoms with Gasteiger partial charge in [0.15, 0.2) is 0 Å². The number of carboxylic acids is 1. The molecular weight excluding hydrogens is 256 g/mol. The molecule has 0 amide bonds. The highest BCUT2D eigenvalue weighted by Gasteiger charge is 2.71. The van der Waals surface area contributed by atoms with Crippen molar-refractivity contribution in [3.63, 3.8) is 0 Å². The molecule has 0 spiro atoms. The normalized spacial score (nSPS) is 35.1. The van der Waals surface area contributed by atoms with Crippen LogP contribution in [0.25, 0.3) is 0 Å². The fourth-order valence-corrected chi connectivity index (χ4v) is 4.01. The fourth-order valence-electron chi connectivity index (χ4n) is 2.82. The van der Waals surface area contributed by atoms with Crippen molar-refractivity contribution in [1.82, 2.24) is 4.72 Å². The van der Waals surface area contributed by atoms with Crippen LogP contribution in [0.2, 0.25) is 0 Å². The number of nitrogens with zero attached hydrogens (tertiary/aromatic N) is 1. The van der Waals surface area contributed by atoms with Crippen molar-refractivity contribution < 1.29 is 18.3 Å². The largest absolute Gasteiger partial charge is 0.481 e. The minimum absolute atomic E-state index is 0.301. The number of nitrogens with one attached hydrogen (secondary N) is 1. The summed E-state index contributed by atoms with van der Waals surface area (Å²) in [7, 11) is -3.69. The third-order valence-electron chi connectivity index (χ3n) is 3.43. The molecule has 102 valence electrons. The predicted octanol–water partition coefficient (Wildman–Crippen LogP) is 0.945. The van der Waals surface area contributed by atoms with E-state index in [9.17, 15) is 13.2 Å². The molecule has 0 heterocycles. The third kappa shape index (κ3) is 2.29. The summed E-state index contributed by atoms with van der Waals surface area (Å²) in [5.74, 6) is -0.784. The minimum atomic E-state index is -3.69. The maximum absolute atomic E-state index is 11.6. The van der Waals surface area contributed by atoms with Crippen molar-refractivity contribution in [3.8, 4) is 0 Å². The van der Waals surface area contributed by atoms with Gasteiger partial charge >= 0.3 is 16.2 Å². The average molecular weight is 274 g/mol. The molecule has 3 saturated carbocycles. The topological polar surface area (TPSA) is 95.8 Å². The molecule has 3 aliphatic carbocycles. The van der Waals surface area contributed by atoms with Gasteiger partial charge < -0.3 is 5.11 Å². The van der Waals surface area contributed by atoms with Crippen molar-refractivity contribution in [2.45, 2.75) is 45.6 Å². The Morgan fingerprint density at radius 1 is 1.33 bits per heavy atom. The lowest BCUT2D eigenvalue weighted by atomic mass is 9.35. The van der Waals surface area contributed by atoms with Crippen LogP contribution in [0, 0.1) is 10.8 Å². The van der Waals surface area contributed by atoms with Gasteiger partial charge in [0, 0.05) is 17.2 Å². The van der Waals surface area contributed by atoms with Crippen molar-refractivity contribution in [1.29, 1.82) is 0 Å². The SMILES string of the molecule is CC(C)(C)NS(=O)(=O)N=CC12CC(C(=O)O)(C1)C2. The first-order chi connectivity index (χ1) is 7.98. The van der Waals surface area contributed by atoms with E-state index in [2.05, 4.69) is 9.12 Å². The van der Waals surface area contributed by atoms with Gasteiger partial charge in [-0.2, -0.15) is 17.5 Å². The molecule has 0 aliphatic heterocycles. The lowest BCUT2D eigenvalue weighted by Gasteiger charge is -2.66. The third-order valence-corrected chi connectivity index (χ3v) is 4.68. The standard InChI is InChI=1S/C11H18N2O4S/c1-9(2,3)13-18(16,17)12-7-10-4-11(5-10,6-10)8(14)15/h7,13H,4-6H2,1-3H3,(H,14,15). The van der Waals surface area contributed by atoms with Gasteiger partial charge in [0.05, 0.1) is 5.41 Å². The molecule has 0 unspecified atom stereocenters. The summed E-state index contributed by atoms with van der Waals surface area (Å²) in [6.45, 7) is 5.21. The number of carbonyl (C=O) groups is 1. The Hall–Kier alpha value is -0.950. The second kappa shape index (κ2) is 3.54. The van der Waals surface area contributed by atoms with Crippen LogP contribution < -0.4 is 4.72 Å². The van der Waals surface area contributed by atoms with Crippen LogP contribution in [0.15, 0.2) is 4.40 Å². The Kier molecular flexibility index (Phi) is 2.65. The summed E-state index contributed by atoms with van der Waals surface area (Å²) < 4.78 is 29.3. The van der Waals surface area contributed by atoms with E-state index < -0.39 is 27.1 Å². The van der Waals surface area contributed by atoms with Crippen LogP contribution in [-0.4, -0.2) is 31.2 Å². The predicted molar refractivity (Wildman–Crippen MR) is 66.7 cm³/mol. The molecule has 0 aromatic heterocycles. The molecule has 7 heteroatoms. The van der Waals surface area contributed by atoms with E-state index in [0.29, 0.717) is 19.3 Å². The fraction of sp³-hybridized carbons (Fsp3) is 0.818. The summed E-state index contributed by atoms with van der Waals surface area (Å²) in [6, 6.07) is 0. The molecular formula is C11H18N2O4S. The Balaban J connectivity index is 1.97. The van der Waals surface area contributed by atoms with E-state index in [-0.39, 0.29) is 5.41 Å². The van der Waals surface area contributed by atoms with E-state index in [4.69, 9.17) is 5.11 Å². The highest BCUT2D eigenvalue weighted by atomic mass is 32.2. The second-order valence-electron chi connectivity index (χ2n) is 6.54. The molecule has 2 N–H and O–H groups in total. The molecule has 3 rings (SSSR count). The molecule has 0 radical (unpaired) electrons. The minimum Gasteiger partial charge on any atom is -0.481 e. The summed E-state index contributed by atoms with van der Waals surface area (Å²) in [4.78, 5) is 10.9. The highest BCUT2D eigenvalue weighted by Crippen LogP contribution is 2.72. The van der Waals surface area contributed by atoms with Crippen LogP contribution in [0.3, 0.4) is 0 Å². The quantitative estimate of drug-likeness (QED) is 0.746. The number of aliphatic carboxylic acids is 1. The zero-order valence-corrected chi connectivity index (χ0v) is 11.5. The van der Waals surface area contributed by atoms with Gasteiger partial charge in [-0.05, 0) is 40.0 Å². The average Bonchev–Trinajstić information content (AvgIpc) is 1.91. The summed E-state index contributed by atoms with van der Waals surface area (Å²) in [5.41, 5.74) is -1.48. The Morgan fingerprint density at radius 2 is 1.83 bits per heavy atom. The molecule has 0 saturated heterocycles. The Labute approximate surface area is 107 Å². The molecule has 3 aliphatic rings. The summed E-state index contributed by atoms with van der Waals surface area (Å²) >= 11 is 0.